The zero-order valence-corrected chi connectivity index (χ0v) is 12.4. The first kappa shape index (κ1) is 14.9. The third-order valence-corrected chi connectivity index (χ3v) is 3.67. The van der Waals surface area contributed by atoms with Gasteiger partial charge in [0.25, 0.3) is 0 Å². The van der Waals surface area contributed by atoms with Gasteiger partial charge in [0.15, 0.2) is 5.78 Å². The number of Topliss-reactive ketones (excluding diaryl/α,β-unsaturated/α-hetero) is 1. The number of ether oxygens (including phenoxy) is 1. The second kappa shape index (κ2) is 6.27. The van der Waals surface area contributed by atoms with Gasteiger partial charge in [-0.15, -0.1) is 11.6 Å². The molecule has 0 fully saturated rings. The Morgan fingerprint density at radius 3 is 2.75 bits per heavy atom. The van der Waals surface area contributed by atoms with E-state index in [1.165, 1.54) is 0 Å². The van der Waals surface area contributed by atoms with E-state index in [-0.39, 0.29) is 23.7 Å². The van der Waals surface area contributed by atoms with E-state index >= 15 is 0 Å². The lowest BCUT2D eigenvalue weighted by Crippen LogP contribution is -2.43. The number of ketones is 1. The smallest absolute Gasteiger partial charge is 0.226 e. The quantitative estimate of drug-likeness (QED) is 0.633. The molecule has 20 heavy (non-hydrogen) atoms. The summed E-state index contributed by atoms with van der Waals surface area (Å²) < 4.78 is 5.84. The van der Waals surface area contributed by atoms with Crippen LogP contribution in [0.1, 0.15) is 37.0 Å². The number of rotatable bonds is 4. The number of hydrogen-bond acceptors (Lipinski definition) is 3. The molecule has 2 rings (SSSR count). The van der Waals surface area contributed by atoms with Crippen LogP contribution >= 0.6 is 11.6 Å². The van der Waals surface area contributed by atoms with Gasteiger partial charge in [-0.25, -0.2) is 0 Å². The van der Waals surface area contributed by atoms with Crippen molar-refractivity contribution in [3.05, 3.63) is 23.8 Å². The summed E-state index contributed by atoms with van der Waals surface area (Å²) >= 11 is 5.58. The first-order chi connectivity index (χ1) is 9.60. The summed E-state index contributed by atoms with van der Waals surface area (Å²) in [6, 6.07) is 5.13. The Morgan fingerprint density at radius 1 is 1.40 bits per heavy atom. The Hall–Kier alpha value is -1.55. The molecule has 1 heterocycles. The lowest BCUT2D eigenvalue weighted by atomic mass is 10.1. The Labute approximate surface area is 123 Å². The summed E-state index contributed by atoms with van der Waals surface area (Å²) in [6.45, 7) is 4.37. The largest absolute Gasteiger partial charge is 0.486 e. The predicted octanol–water partition coefficient (Wildman–Crippen LogP) is 3.02. The van der Waals surface area contributed by atoms with Crippen molar-refractivity contribution in [1.82, 2.24) is 0 Å². The van der Waals surface area contributed by atoms with Gasteiger partial charge in [-0.05, 0) is 24.6 Å². The molecule has 0 radical (unpaired) electrons. The molecular weight excluding hydrogens is 278 g/mol. The number of nitrogens with zero attached hydrogens (tertiary/aromatic N) is 1. The second-order valence-electron chi connectivity index (χ2n) is 4.75. The van der Waals surface area contributed by atoms with Crippen LogP contribution in [0.4, 0.5) is 5.69 Å². The highest BCUT2D eigenvalue weighted by atomic mass is 35.5. The van der Waals surface area contributed by atoms with Gasteiger partial charge in [-0.3, -0.25) is 9.59 Å². The number of alkyl halides is 1. The second-order valence-corrected chi connectivity index (χ2v) is 5.01. The lowest BCUT2D eigenvalue weighted by molar-refractivity contribution is -0.118. The van der Waals surface area contributed by atoms with Crippen molar-refractivity contribution in [2.45, 2.75) is 32.8 Å². The molecule has 1 unspecified atom stereocenters. The molecule has 0 spiro atoms. The van der Waals surface area contributed by atoms with Crippen molar-refractivity contribution in [2.75, 3.05) is 17.3 Å². The number of amides is 1. The molecule has 0 saturated carbocycles. The summed E-state index contributed by atoms with van der Waals surface area (Å²) in [5.74, 6) is 0.453. The summed E-state index contributed by atoms with van der Waals surface area (Å²) in [6.07, 6.45) is 1.24. The number of carbonyl (C=O) groups is 2. The Kier molecular flexibility index (Phi) is 4.65. The average Bonchev–Trinajstić information content (AvgIpc) is 2.51. The van der Waals surface area contributed by atoms with E-state index in [1.54, 1.807) is 23.1 Å². The first-order valence-corrected chi connectivity index (χ1v) is 7.34. The molecule has 0 aliphatic carbocycles. The monoisotopic (exact) mass is 295 g/mol. The van der Waals surface area contributed by atoms with Crippen LogP contribution in [-0.4, -0.2) is 30.2 Å². The van der Waals surface area contributed by atoms with E-state index in [0.29, 0.717) is 30.0 Å². The van der Waals surface area contributed by atoms with Gasteiger partial charge in [0.05, 0.1) is 18.1 Å². The van der Waals surface area contributed by atoms with E-state index in [9.17, 15) is 9.59 Å². The van der Waals surface area contributed by atoms with Crippen molar-refractivity contribution in [3.8, 4) is 5.75 Å². The predicted molar refractivity (Wildman–Crippen MR) is 78.8 cm³/mol. The summed E-state index contributed by atoms with van der Waals surface area (Å²) in [5, 5.41) is 0. The standard InChI is InChI=1S/C15H18ClNO3/c1-3-11-9-17(15(19)4-2)12-7-10(13(18)8-16)5-6-14(12)20-11/h5-7,11H,3-4,8-9H2,1-2H3. The van der Waals surface area contributed by atoms with Gasteiger partial charge >= 0.3 is 0 Å². The average molecular weight is 296 g/mol. The molecule has 1 atom stereocenters. The van der Waals surface area contributed by atoms with Crippen LogP contribution in [0.15, 0.2) is 18.2 Å². The first-order valence-electron chi connectivity index (χ1n) is 6.80. The molecule has 1 amide bonds. The Bertz CT molecular complexity index is 530. The van der Waals surface area contributed by atoms with Crippen LogP contribution in [-0.2, 0) is 4.79 Å². The number of fused-ring (bicyclic) bond motifs is 1. The number of carbonyl (C=O) groups excluding carboxylic acids is 2. The van der Waals surface area contributed by atoms with Crippen molar-refractivity contribution < 1.29 is 14.3 Å². The summed E-state index contributed by atoms with van der Waals surface area (Å²) in [7, 11) is 0. The van der Waals surface area contributed by atoms with Crippen LogP contribution in [0, 0.1) is 0 Å². The molecule has 0 bridgehead atoms. The van der Waals surface area contributed by atoms with E-state index in [0.717, 1.165) is 6.42 Å². The maximum absolute atomic E-state index is 12.1. The lowest BCUT2D eigenvalue weighted by Gasteiger charge is -2.34. The number of benzene rings is 1. The molecular formula is C15H18ClNO3. The van der Waals surface area contributed by atoms with Gasteiger partial charge in [-0.1, -0.05) is 13.8 Å². The van der Waals surface area contributed by atoms with E-state index in [4.69, 9.17) is 16.3 Å². The summed E-state index contributed by atoms with van der Waals surface area (Å²) in [5.41, 5.74) is 1.17. The van der Waals surface area contributed by atoms with Gasteiger partial charge in [0.1, 0.15) is 11.9 Å². The van der Waals surface area contributed by atoms with Crippen LogP contribution < -0.4 is 9.64 Å². The molecule has 5 heteroatoms. The number of halogens is 1. The Balaban J connectivity index is 2.43. The van der Waals surface area contributed by atoms with E-state index in [2.05, 4.69) is 0 Å². The van der Waals surface area contributed by atoms with Gasteiger partial charge < -0.3 is 9.64 Å². The fourth-order valence-corrected chi connectivity index (χ4v) is 2.39. The van der Waals surface area contributed by atoms with Crippen molar-refractivity contribution in [1.29, 1.82) is 0 Å². The SMILES string of the molecule is CCC(=O)N1CC(CC)Oc2ccc(C(=O)CCl)cc21. The van der Waals surface area contributed by atoms with E-state index in [1.807, 2.05) is 13.8 Å². The van der Waals surface area contributed by atoms with Gasteiger partial charge in [0.2, 0.25) is 5.91 Å². The minimum atomic E-state index is -0.157. The van der Waals surface area contributed by atoms with Crippen LogP contribution in [0.5, 0.6) is 5.75 Å². The zero-order valence-electron chi connectivity index (χ0n) is 11.7. The Morgan fingerprint density at radius 2 is 2.15 bits per heavy atom. The van der Waals surface area contributed by atoms with Crippen LogP contribution in [0.3, 0.4) is 0 Å². The molecule has 1 aliphatic rings. The topological polar surface area (TPSA) is 46.6 Å². The van der Waals surface area contributed by atoms with Crippen molar-refractivity contribution in [2.24, 2.45) is 0 Å². The molecule has 0 aromatic heterocycles. The number of anilines is 1. The highest BCUT2D eigenvalue weighted by molar-refractivity contribution is 6.30. The van der Waals surface area contributed by atoms with Gasteiger partial charge in [-0.2, -0.15) is 0 Å². The van der Waals surface area contributed by atoms with E-state index < -0.39 is 0 Å². The summed E-state index contributed by atoms with van der Waals surface area (Å²) in [4.78, 5) is 25.5. The molecule has 1 aliphatic heterocycles. The molecule has 4 nitrogen and oxygen atoms in total. The molecule has 1 aromatic rings. The van der Waals surface area contributed by atoms with Crippen molar-refractivity contribution >= 4 is 29.0 Å². The van der Waals surface area contributed by atoms with Gasteiger partial charge in [0, 0.05) is 12.0 Å². The molecule has 108 valence electrons. The molecule has 0 saturated heterocycles. The van der Waals surface area contributed by atoms with Crippen LogP contribution in [0.2, 0.25) is 0 Å². The normalized spacial score (nSPS) is 17.4. The maximum Gasteiger partial charge on any atom is 0.226 e. The highest BCUT2D eigenvalue weighted by Gasteiger charge is 2.28. The highest BCUT2D eigenvalue weighted by Crippen LogP contribution is 2.35. The third kappa shape index (κ3) is 2.80. The van der Waals surface area contributed by atoms with Crippen LogP contribution in [0.25, 0.3) is 0 Å². The fraction of sp³-hybridized carbons (Fsp3) is 0.467. The third-order valence-electron chi connectivity index (χ3n) is 3.43. The molecule has 1 aromatic carbocycles. The number of hydrogen-bond donors (Lipinski definition) is 0. The minimum absolute atomic E-state index is 0.00687. The maximum atomic E-state index is 12.1. The fourth-order valence-electron chi connectivity index (χ4n) is 2.24. The van der Waals surface area contributed by atoms with Crippen molar-refractivity contribution in [3.63, 3.8) is 0 Å². The molecule has 0 N–H and O–H groups in total. The zero-order chi connectivity index (χ0) is 14.7. The minimum Gasteiger partial charge on any atom is -0.486 e.